The second kappa shape index (κ2) is 48.7. The minimum atomic E-state index is -6.69. The van der Waals surface area contributed by atoms with Crippen molar-refractivity contribution in [1.82, 2.24) is 0 Å². The van der Waals surface area contributed by atoms with Gasteiger partial charge in [0.05, 0.1) is 62.2 Å². The van der Waals surface area contributed by atoms with Crippen molar-refractivity contribution in [3.05, 3.63) is 359 Å². The summed E-state index contributed by atoms with van der Waals surface area (Å²) in [6, 6.07) is 70.1. The molecule has 4 heterocycles. The minimum absolute atomic E-state index is 0.0521. The molecule has 14 rings (SSSR count). The average Bonchev–Trinajstić information content (AvgIpc) is 0.759. The van der Waals surface area contributed by atoms with Gasteiger partial charge in [0.2, 0.25) is 0 Å². The van der Waals surface area contributed by atoms with Crippen molar-refractivity contribution in [3.63, 3.8) is 0 Å². The van der Waals surface area contributed by atoms with E-state index < -0.39 is 243 Å². The van der Waals surface area contributed by atoms with Gasteiger partial charge < -0.3 is 104 Å². The summed E-state index contributed by atoms with van der Waals surface area (Å²) in [5.74, 6) is -15.9. The Morgan fingerprint density at radius 1 is 0.255 bits per heavy atom. The Labute approximate surface area is 803 Å². The first-order valence-electron chi connectivity index (χ1n) is 43.5. The fourth-order valence-electron chi connectivity index (χ4n) is 15.1. The van der Waals surface area contributed by atoms with Crippen molar-refractivity contribution >= 4 is 93.7 Å². The van der Waals surface area contributed by atoms with Gasteiger partial charge in [-0.3, -0.25) is 23.5 Å². The summed E-state index contributed by atoms with van der Waals surface area (Å²) in [5.41, 5.74) is -1.97. The third kappa shape index (κ3) is 27.4. The van der Waals surface area contributed by atoms with Crippen molar-refractivity contribution in [2.45, 2.75) is 144 Å². The van der Waals surface area contributed by atoms with Crippen LogP contribution in [0.2, 0.25) is 0 Å². The van der Waals surface area contributed by atoms with E-state index in [0.717, 1.165) is 20.8 Å². The molecule has 0 aliphatic carbocycles. The van der Waals surface area contributed by atoms with E-state index in [9.17, 15) is 47.8 Å². The maximum atomic E-state index is 16.0. The number of hydrogen-bond donors (Lipinski definition) is 0. The highest BCUT2D eigenvalue weighted by atomic mass is 31.2. The molecule has 10 aromatic rings. The van der Waals surface area contributed by atoms with E-state index in [0.29, 0.717) is 0 Å². The standard InChI is InChI=1S/C100H88O39P2/c1-58(101)118-54-71-75(122-59(2)102)79(123-60(3)103)86(137-98-84(134-95(112)69-50-30-12-31-51-69)80(130-91(108)65-42-22-8-23-43-65)76(128-89(106)63-38-18-6-19-39-63)72(124-98)55-119-87(104)61-34-14-4-15-35-61)100(127-71)139-141(116,117)121-57-74-77(129-90(107)64-40-20-7-21-41-64)81(131-92(109)66-44-24-9-25-45-66)83(133-94(111)68-48-28-11-29-49-68)97(125-74)136-78-73(56-120-88(105)62-36-16-5-17-37-62)126-99(138-140(114)115)85(135-96(113)70-52-32-13-33-53-70)82(78)132-93(110)67-46-26-10-27-47-67/h4-53,71-86,97-100H,54-57H2,1-3H3,(H,116,117)/p-1/t71-,72-,73-,74-,75-,76-,77+,78-,79+,80+,81+,82+,83-,84+,85+,86+,97+,98-,99-,100-/m1/s1. The number of phosphoric ester groups is 1. The minimum Gasteiger partial charge on any atom is -0.756 e. The molecule has 4 saturated heterocycles. The fraction of sp³-hybridized carbons (Fsp3) is 0.270. The number of esters is 13. The molecule has 4 aliphatic rings. The maximum Gasteiger partial charge on any atom is 0.491 e. The van der Waals surface area contributed by atoms with E-state index in [4.69, 9.17) is 104 Å². The number of hydrogen-bond acceptors (Lipinski definition) is 39. The number of carbonyl (C=O) groups excluding carboxylic acids is 13. The molecule has 4 aliphatic heterocycles. The quantitative estimate of drug-likeness (QED) is 0.0198. The third-order valence-corrected chi connectivity index (χ3v) is 22.9. The SMILES string of the molecule is CC(=O)OC[C@H]1O[C@H](OP(=O)([O-])OC[C@H]2O[C@@H](O[C@H]3[C@H](OC(=O)c4ccccc4)[C@H](OC(=O)c4ccccc4)[C@@H](O[P+](=O)[O-])O[C@@H]3COC(=O)c3ccccc3)[C@H](OC(=O)c3ccccc3)[C@@H](OC(=O)c3ccccc3)[C@H]2OC(=O)c2ccccc2)[C@@H](O[C@H]2O[C@H](COC(=O)c3ccccc3)[C@@H](OC(=O)c3ccccc3)[C@H](OC(=O)c3ccccc3)[C@@H]2OC(=O)c2ccccc2)[C@@H](OC(C)=O)[C@@H]1OC(C)=O. The lowest BCUT2D eigenvalue weighted by Crippen LogP contribution is -2.67. The molecule has 10 aromatic carbocycles. The molecule has 41 heteroatoms. The molecule has 732 valence electrons. The number of ether oxygens (including phenoxy) is 19. The van der Waals surface area contributed by atoms with Gasteiger partial charge >= 0.3 is 85.9 Å². The lowest BCUT2D eigenvalue weighted by atomic mass is 9.95. The second-order valence-corrected chi connectivity index (χ2v) is 33.3. The molecule has 0 aromatic heterocycles. The highest BCUT2D eigenvalue weighted by molar-refractivity contribution is 7.45. The Bertz CT molecular complexity index is 6050. The van der Waals surface area contributed by atoms with E-state index in [1.807, 2.05) is 0 Å². The number of carbonyl (C=O) groups is 13. The summed E-state index contributed by atoms with van der Waals surface area (Å²) in [7, 11) is -10.8. The Morgan fingerprint density at radius 3 is 0.759 bits per heavy atom. The zero-order chi connectivity index (χ0) is 99.6. The first-order chi connectivity index (χ1) is 68.1. The molecule has 2 unspecified atom stereocenters. The summed E-state index contributed by atoms with van der Waals surface area (Å²) >= 11 is 0. The zero-order valence-corrected chi connectivity index (χ0v) is 76.3. The van der Waals surface area contributed by atoms with Gasteiger partial charge in [-0.05, 0) is 126 Å². The molecule has 0 amide bonds. The lowest BCUT2D eigenvalue weighted by Gasteiger charge is -2.49. The summed E-state index contributed by atoms with van der Waals surface area (Å²) in [5, 5.41) is 0. The predicted octanol–water partition coefficient (Wildman–Crippen LogP) is 10.1. The van der Waals surface area contributed by atoms with E-state index in [-0.39, 0.29) is 55.6 Å². The molecule has 0 spiro atoms. The van der Waals surface area contributed by atoms with Crippen LogP contribution in [-0.2, 0) is 127 Å². The maximum absolute atomic E-state index is 16.0. The smallest absolute Gasteiger partial charge is 0.491 e. The van der Waals surface area contributed by atoms with Crippen LogP contribution in [-0.4, -0.2) is 227 Å². The number of benzene rings is 10. The summed E-state index contributed by atoms with van der Waals surface area (Å²) in [4.78, 5) is 218. The largest absolute Gasteiger partial charge is 0.756 e. The van der Waals surface area contributed by atoms with Crippen molar-refractivity contribution in [2.24, 2.45) is 0 Å². The van der Waals surface area contributed by atoms with Crippen molar-refractivity contribution < 1.29 is 185 Å². The number of phosphoric acid groups is 1. The Morgan fingerprint density at radius 2 is 0.468 bits per heavy atom. The summed E-state index contributed by atoms with van der Waals surface area (Å²) < 4.78 is 165. The molecular formula is C100H87O39P2-. The van der Waals surface area contributed by atoms with Crippen LogP contribution in [0.5, 0.6) is 0 Å². The Balaban J connectivity index is 0.922. The first kappa shape index (κ1) is 102. The lowest BCUT2D eigenvalue weighted by molar-refractivity contribution is -0.364. The topological polar surface area (TPSA) is 505 Å². The Hall–Kier alpha value is -14.8. The monoisotopic (exact) mass is 1970 g/mol. The van der Waals surface area contributed by atoms with Gasteiger partial charge in [0.25, 0.3) is 14.1 Å². The van der Waals surface area contributed by atoms with Gasteiger partial charge in [-0.25, -0.2) is 47.9 Å². The molecule has 0 N–H and O–H groups in total. The van der Waals surface area contributed by atoms with E-state index in [2.05, 4.69) is 0 Å². The van der Waals surface area contributed by atoms with E-state index in [1.165, 1.54) is 279 Å². The van der Waals surface area contributed by atoms with Crippen LogP contribution in [0, 0.1) is 0 Å². The molecule has 0 radical (unpaired) electrons. The average molecular weight is 1970 g/mol. The van der Waals surface area contributed by atoms with Crippen LogP contribution in [0.1, 0.15) is 124 Å². The van der Waals surface area contributed by atoms with Crippen LogP contribution in [0.25, 0.3) is 0 Å². The molecule has 0 saturated carbocycles. The van der Waals surface area contributed by atoms with Gasteiger partial charge in [0, 0.05) is 20.8 Å². The molecule has 141 heavy (non-hydrogen) atoms. The van der Waals surface area contributed by atoms with Crippen LogP contribution in [0.15, 0.2) is 303 Å². The van der Waals surface area contributed by atoms with Gasteiger partial charge in [-0.1, -0.05) is 182 Å². The van der Waals surface area contributed by atoms with E-state index >= 15 is 33.4 Å². The van der Waals surface area contributed by atoms with Crippen LogP contribution >= 0.6 is 16.1 Å². The Kier molecular flexibility index (Phi) is 35.2. The molecule has 0 bridgehead atoms. The van der Waals surface area contributed by atoms with Gasteiger partial charge in [-0.15, -0.1) is 4.52 Å². The number of rotatable bonds is 37. The van der Waals surface area contributed by atoms with Crippen LogP contribution < -0.4 is 9.79 Å². The highest BCUT2D eigenvalue weighted by Gasteiger charge is 2.62. The van der Waals surface area contributed by atoms with E-state index in [1.54, 1.807) is 24.3 Å². The summed E-state index contributed by atoms with van der Waals surface area (Å²) in [6.07, 6.45) is -47.6. The fourth-order valence-corrected chi connectivity index (χ4v) is 16.3. The first-order valence-corrected chi connectivity index (χ1v) is 46.0. The predicted molar refractivity (Wildman–Crippen MR) is 474 cm³/mol. The molecule has 22 atom stereocenters. The van der Waals surface area contributed by atoms with Crippen LogP contribution in [0.4, 0.5) is 0 Å². The highest BCUT2D eigenvalue weighted by Crippen LogP contribution is 2.47. The van der Waals surface area contributed by atoms with Gasteiger partial charge in [0.1, 0.15) is 50.3 Å². The van der Waals surface area contributed by atoms with Gasteiger partial charge in [0.15, 0.2) is 86.0 Å². The summed E-state index contributed by atoms with van der Waals surface area (Å²) in [6.45, 7) is -2.24. The normalized spacial score (nSPS) is 24.5. The second-order valence-electron chi connectivity index (χ2n) is 31.3. The molecular weight excluding hydrogens is 1890 g/mol. The zero-order valence-electron chi connectivity index (χ0n) is 74.6. The molecule has 39 nitrogen and oxygen atoms in total. The van der Waals surface area contributed by atoms with Crippen LogP contribution in [0.3, 0.4) is 0 Å². The van der Waals surface area contributed by atoms with Gasteiger partial charge in [-0.2, -0.15) is 0 Å². The van der Waals surface area contributed by atoms with Crippen molar-refractivity contribution in [1.29, 1.82) is 0 Å². The van der Waals surface area contributed by atoms with Crippen molar-refractivity contribution in [3.8, 4) is 0 Å². The third-order valence-electron chi connectivity index (χ3n) is 21.6. The van der Waals surface area contributed by atoms with Crippen molar-refractivity contribution in [2.75, 3.05) is 26.4 Å². The molecule has 4 fully saturated rings.